The number of hydrogen-bond donors (Lipinski definition) is 2. The molecule has 3 rings (SSSR count). The lowest BCUT2D eigenvalue weighted by Crippen LogP contribution is -2.50. The van der Waals surface area contributed by atoms with Crippen LogP contribution in [0.1, 0.15) is 57.6 Å². The first-order valence-corrected chi connectivity index (χ1v) is 8.83. The van der Waals surface area contributed by atoms with Gasteiger partial charge in [-0.15, -0.1) is 0 Å². The minimum Gasteiger partial charge on any atom is -0.370 e. The van der Waals surface area contributed by atoms with Crippen LogP contribution in [0.2, 0.25) is 0 Å². The van der Waals surface area contributed by atoms with E-state index in [1.165, 1.54) is 19.8 Å². The minimum atomic E-state index is -0.0764. The van der Waals surface area contributed by atoms with E-state index in [0.717, 1.165) is 30.5 Å². The Kier molecular flexibility index (Phi) is 5.19. The Balaban J connectivity index is 1.75. The van der Waals surface area contributed by atoms with Gasteiger partial charge in [-0.05, 0) is 37.0 Å². The highest BCUT2D eigenvalue weighted by atomic mass is 16.5. The fraction of sp³-hybridized carbons (Fsp3) is 0.579. The average Bonchev–Trinajstić information content (AvgIpc) is 2.54. The van der Waals surface area contributed by atoms with E-state index in [-0.39, 0.29) is 30.1 Å². The molecule has 4 atom stereocenters. The van der Waals surface area contributed by atoms with Crippen LogP contribution in [0.4, 0.5) is 5.69 Å². The second-order valence-corrected chi connectivity index (χ2v) is 6.96. The Hall–Kier alpha value is -1.88. The predicted molar refractivity (Wildman–Crippen MR) is 92.5 cm³/mol. The zero-order valence-electron chi connectivity index (χ0n) is 14.4. The van der Waals surface area contributed by atoms with Crippen molar-refractivity contribution < 1.29 is 14.3 Å². The number of anilines is 1. The molecule has 1 heterocycles. The van der Waals surface area contributed by atoms with E-state index in [4.69, 9.17) is 4.74 Å². The third-order valence-corrected chi connectivity index (χ3v) is 5.07. The number of benzene rings is 1. The van der Waals surface area contributed by atoms with Crippen LogP contribution >= 0.6 is 0 Å². The van der Waals surface area contributed by atoms with Crippen LogP contribution in [-0.2, 0) is 14.3 Å². The molecule has 0 bridgehead atoms. The number of amides is 2. The van der Waals surface area contributed by atoms with Crippen molar-refractivity contribution in [2.75, 3.05) is 5.32 Å². The summed E-state index contributed by atoms with van der Waals surface area (Å²) in [6, 6.07) is 8.00. The Morgan fingerprint density at radius 3 is 2.42 bits per heavy atom. The van der Waals surface area contributed by atoms with Gasteiger partial charge in [-0.25, -0.2) is 0 Å². The quantitative estimate of drug-likeness (QED) is 0.894. The van der Waals surface area contributed by atoms with Crippen molar-refractivity contribution in [2.45, 2.75) is 64.2 Å². The second-order valence-electron chi connectivity index (χ2n) is 6.96. The van der Waals surface area contributed by atoms with Crippen molar-refractivity contribution in [2.24, 2.45) is 5.92 Å². The van der Waals surface area contributed by atoms with Crippen molar-refractivity contribution in [3.63, 3.8) is 0 Å². The molecule has 0 spiro atoms. The topological polar surface area (TPSA) is 67.4 Å². The molecule has 5 nitrogen and oxygen atoms in total. The summed E-state index contributed by atoms with van der Waals surface area (Å²) in [6.07, 6.45) is 5.64. The molecular weight excluding hydrogens is 304 g/mol. The predicted octanol–water partition coefficient (Wildman–Crippen LogP) is 3.17. The third-order valence-electron chi connectivity index (χ3n) is 5.07. The van der Waals surface area contributed by atoms with Gasteiger partial charge in [-0.3, -0.25) is 9.59 Å². The molecule has 24 heavy (non-hydrogen) atoms. The van der Waals surface area contributed by atoms with Crippen LogP contribution in [0.5, 0.6) is 0 Å². The molecule has 2 fully saturated rings. The molecule has 2 aliphatic rings. The van der Waals surface area contributed by atoms with Gasteiger partial charge in [0.1, 0.15) is 0 Å². The molecule has 1 aromatic carbocycles. The third kappa shape index (κ3) is 3.96. The minimum absolute atomic E-state index is 0.00687. The fourth-order valence-corrected chi connectivity index (χ4v) is 4.05. The molecule has 0 radical (unpaired) electrons. The van der Waals surface area contributed by atoms with Gasteiger partial charge in [0.2, 0.25) is 11.8 Å². The molecule has 130 valence electrons. The molecule has 5 heteroatoms. The van der Waals surface area contributed by atoms with Crippen molar-refractivity contribution in [1.29, 1.82) is 0 Å². The van der Waals surface area contributed by atoms with Gasteiger partial charge in [-0.2, -0.15) is 0 Å². The van der Waals surface area contributed by atoms with Gasteiger partial charge in [0.15, 0.2) is 0 Å². The standard InChI is InChI=1S/C19H26N2O3/c1-12(22)20-15-9-7-14(8-10-15)19-11-17(21-13(2)23)16-5-3-4-6-18(16)24-19/h7-10,16-19H,3-6,11H2,1-2H3,(H,20,22)(H,21,23)/t16-,17+,18+,19+/m0/s1. The molecule has 1 saturated heterocycles. The Labute approximate surface area is 143 Å². The zero-order valence-corrected chi connectivity index (χ0v) is 14.4. The molecule has 0 unspecified atom stereocenters. The van der Waals surface area contributed by atoms with E-state index in [0.29, 0.717) is 5.92 Å². The molecule has 0 aromatic heterocycles. The maximum atomic E-state index is 11.6. The van der Waals surface area contributed by atoms with Crippen LogP contribution in [0.3, 0.4) is 0 Å². The van der Waals surface area contributed by atoms with Crippen molar-refractivity contribution >= 4 is 17.5 Å². The van der Waals surface area contributed by atoms with E-state index in [2.05, 4.69) is 10.6 Å². The number of hydrogen-bond acceptors (Lipinski definition) is 3. The van der Waals surface area contributed by atoms with E-state index >= 15 is 0 Å². The maximum absolute atomic E-state index is 11.6. The summed E-state index contributed by atoms with van der Waals surface area (Å²) in [7, 11) is 0. The van der Waals surface area contributed by atoms with Crippen molar-refractivity contribution in [3.05, 3.63) is 29.8 Å². The smallest absolute Gasteiger partial charge is 0.221 e. The average molecular weight is 330 g/mol. The number of ether oxygens (including phenoxy) is 1. The monoisotopic (exact) mass is 330 g/mol. The largest absolute Gasteiger partial charge is 0.370 e. The SMILES string of the molecule is CC(=O)Nc1ccc([C@H]2C[C@@H](NC(C)=O)[C@@H]3CCCC[C@H]3O2)cc1. The molecule has 1 aliphatic heterocycles. The number of carbonyl (C=O) groups is 2. The highest BCUT2D eigenvalue weighted by molar-refractivity contribution is 5.88. The molecular formula is C19H26N2O3. The van der Waals surface area contributed by atoms with Gasteiger partial charge in [0, 0.05) is 31.5 Å². The first-order valence-electron chi connectivity index (χ1n) is 8.83. The lowest BCUT2D eigenvalue weighted by molar-refractivity contribution is -0.131. The summed E-state index contributed by atoms with van der Waals surface area (Å²) in [5.74, 6) is 0.385. The highest BCUT2D eigenvalue weighted by Gasteiger charge is 2.40. The molecule has 2 N–H and O–H groups in total. The molecule has 1 aliphatic carbocycles. The van der Waals surface area contributed by atoms with Gasteiger partial charge in [0.05, 0.1) is 12.2 Å². The Bertz CT molecular complexity index is 599. The fourth-order valence-electron chi connectivity index (χ4n) is 4.05. The maximum Gasteiger partial charge on any atom is 0.221 e. The van der Waals surface area contributed by atoms with E-state index in [1.54, 1.807) is 6.92 Å². The lowest BCUT2D eigenvalue weighted by atomic mass is 9.76. The Morgan fingerprint density at radius 1 is 1.04 bits per heavy atom. The second kappa shape index (κ2) is 7.34. The molecule has 1 aromatic rings. The highest BCUT2D eigenvalue weighted by Crippen LogP contribution is 2.41. The summed E-state index contributed by atoms with van der Waals surface area (Å²) in [4.78, 5) is 22.7. The normalized spacial score (nSPS) is 29.4. The van der Waals surface area contributed by atoms with Gasteiger partial charge in [-0.1, -0.05) is 25.0 Å². The van der Waals surface area contributed by atoms with E-state index in [1.807, 2.05) is 24.3 Å². The summed E-state index contributed by atoms with van der Waals surface area (Å²) < 4.78 is 6.37. The first-order chi connectivity index (χ1) is 11.5. The number of carbonyl (C=O) groups excluding carboxylic acids is 2. The van der Waals surface area contributed by atoms with Crippen LogP contribution in [-0.4, -0.2) is 24.0 Å². The Morgan fingerprint density at radius 2 is 1.75 bits per heavy atom. The number of rotatable bonds is 3. The van der Waals surface area contributed by atoms with E-state index in [9.17, 15) is 9.59 Å². The van der Waals surface area contributed by atoms with Crippen LogP contribution < -0.4 is 10.6 Å². The summed E-state index contributed by atoms with van der Waals surface area (Å²) in [5, 5.41) is 5.92. The number of fused-ring (bicyclic) bond motifs is 1. The molecule has 1 saturated carbocycles. The van der Waals surface area contributed by atoms with Gasteiger partial charge < -0.3 is 15.4 Å². The van der Waals surface area contributed by atoms with Crippen molar-refractivity contribution in [1.82, 2.24) is 5.32 Å². The van der Waals surface area contributed by atoms with Crippen LogP contribution in [0, 0.1) is 5.92 Å². The van der Waals surface area contributed by atoms with Gasteiger partial charge in [0.25, 0.3) is 0 Å². The van der Waals surface area contributed by atoms with Crippen LogP contribution in [0.25, 0.3) is 0 Å². The summed E-state index contributed by atoms with van der Waals surface area (Å²) in [5.41, 5.74) is 1.89. The van der Waals surface area contributed by atoms with Crippen LogP contribution in [0.15, 0.2) is 24.3 Å². The summed E-state index contributed by atoms with van der Waals surface area (Å²) in [6.45, 7) is 3.09. The van der Waals surface area contributed by atoms with E-state index < -0.39 is 0 Å². The molecule has 2 amide bonds. The zero-order chi connectivity index (χ0) is 17.1. The van der Waals surface area contributed by atoms with Crippen molar-refractivity contribution in [3.8, 4) is 0 Å². The van der Waals surface area contributed by atoms with Gasteiger partial charge >= 0.3 is 0 Å². The lowest BCUT2D eigenvalue weighted by Gasteiger charge is -2.45. The number of nitrogens with one attached hydrogen (secondary N) is 2. The summed E-state index contributed by atoms with van der Waals surface area (Å²) >= 11 is 0. The first kappa shape index (κ1) is 17.0.